The Labute approximate surface area is 171 Å². The Morgan fingerprint density at radius 3 is 2.42 bits per heavy atom. The molecular formula is C19H25FIN3O2. The highest BCUT2D eigenvalue weighted by molar-refractivity contribution is 14.0. The maximum absolute atomic E-state index is 13.3. The molecule has 2 aromatic carbocycles. The second-order valence-corrected chi connectivity index (χ2v) is 5.58. The molecule has 0 unspecified atom stereocenters. The summed E-state index contributed by atoms with van der Waals surface area (Å²) in [6.45, 7) is 1.14. The van der Waals surface area contributed by atoms with Crippen LogP contribution in [0.25, 0.3) is 0 Å². The number of guanidine groups is 1. The highest BCUT2D eigenvalue weighted by Crippen LogP contribution is 2.27. The molecule has 0 fully saturated rings. The van der Waals surface area contributed by atoms with Crippen molar-refractivity contribution in [3.63, 3.8) is 0 Å². The van der Waals surface area contributed by atoms with Gasteiger partial charge in [0.1, 0.15) is 5.82 Å². The van der Waals surface area contributed by atoms with Crippen LogP contribution in [0, 0.1) is 5.82 Å². The molecule has 5 nitrogen and oxygen atoms in total. The Hall–Kier alpha value is -2.03. The first-order chi connectivity index (χ1) is 12.1. The van der Waals surface area contributed by atoms with Crippen molar-refractivity contribution < 1.29 is 13.9 Å². The second-order valence-electron chi connectivity index (χ2n) is 5.58. The van der Waals surface area contributed by atoms with Gasteiger partial charge in [-0.2, -0.15) is 0 Å². The summed E-state index contributed by atoms with van der Waals surface area (Å²) in [5.74, 6) is 1.86. The normalized spacial score (nSPS) is 10.7. The van der Waals surface area contributed by atoms with Gasteiger partial charge in [0.05, 0.1) is 14.2 Å². The van der Waals surface area contributed by atoms with Gasteiger partial charge in [-0.05, 0) is 35.4 Å². The van der Waals surface area contributed by atoms with Crippen molar-refractivity contribution in [1.82, 2.24) is 10.2 Å². The fourth-order valence-electron chi connectivity index (χ4n) is 2.54. The summed E-state index contributed by atoms with van der Waals surface area (Å²) in [5, 5.41) is 3.29. The van der Waals surface area contributed by atoms with E-state index in [1.54, 1.807) is 27.3 Å². The standard InChI is InChI=1S/C19H24FN3O2.HI/c1-21-19(23(2)13-15-6-5-7-16(20)10-15)22-12-14-8-9-17(24-3)18(11-14)25-4;/h5-11H,12-13H2,1-4H3,(H,21,22);1H. The average Bonchev–Trinajstić information content (AvgIpc) is 2.62. The molecule has 142 valence electrons. The molecule has 0 saturated carbocycles. The average molecular weight is 473 g/mol. The Morgan fingerprint density at radius 2 is 1.81 bits per heavy atom. The maximum atomic E-state index is 13.3. The Kier molecular flexibility index (Phi) is 9.18. The fraction of sp³-hybridized carbons (Fsp3) is 0.316. The number of nitrogens with zero attached hydrogens (tertiary/aromatic N) is 2. The minimum Gasteiger partial charge on any atom is -0.493 e. The molecule has 7 heteroatoms. The monoisotopic (exact) mass is 473 g/mol. The number of nitrogens with one attached hydrogen (secondary N) is 1. The summed E-state index contributed by atoms with van der Waals surface area (Å²) in [6, 6.07) is 12.3. The van der Waals surface area contributed by atoms with E-state index in [2.05, 4.69) is 10.3 Å². The van der Waals surface area contributed by atoms with E-state index in [9.17, 15) is 4.39 Å². The molecule has 0 aliphatic rings. The number of hydrogen-bond acceptors (Lipinski definition) is 3. The molecule has 0 aromatic heterocycles. The van der Waals surface area contributed by atoms with Crippen LogP contribution < -0.4 is 14.8 Å². The van der Waals surface area contributed by atoms with Crippen LogP contribution in [0.5, 0.6) is 11.5 Å². The van der Waals surface area contributed by atoms with Crippen LogP contribution in [0.4, 0.5) is 4.39 Å². The molecular weight excluding hydrogens is 448 g/mol. The van der Waals surface area contributed by atoms with Crippen molar-refractivity contribution in [2.75, 3.05) is 28.3 Å². The van der Waals surface area contributed by atoms with Crippen LogP contribution in [0.3, 0.4) is 0 Å². The second kappa shape index (κ2) is 10.8. The van der Waals surface area contributed by atoms with Crippen LogP contribution in [0.2, 0.25) is 0 Å². The van der Waals surface area contributed by atoms with Gasteiger partial charge in [-0.3, -0.25) is 4.99 Å². The molecule has 0 aliphatic heterocycles. The van der Waals surface area contributed by atoms with E-state index in [1.165, 1.54) is 12.1 Å². The first-order valence-corrected chi connectivity index (χ1v) is 7.94. The van der Waals surface area contributed by atoms with Crippen molar-refractivity contribution in [3.05, 3.63) is 59.4 Å². The summed E-state index contributed by atoms with van der Waals surface area (Å²) in [4.78, 5) is 6.22. The number of aliphatic imine (C=N–C) groups is 1. The number of halogens is 2. The molecule has 0 atom stereocenters. The van der Waals surface area contributed by atoms with Gasteiger partial charge < -0.3 is 19.7 Å². The molecule has 0 aliphatic carbocycles. The van der Waals surface area contributed by atoms with Gasteiger partial charge in [0.25, 0.3) is 0 Å². The van der Waals surface area contributed by atoms with Crippen molar-refractivity contribution >= 4 is 29.9 Å². The first kappa shape index (κ1) is 22.0. The minimum atomic E-state index is -0.237. The molecule has 0 saturated heterocycles. The van der Waals surface area contributed by atoms with Crippen LogP contribution >= 0.6 is 24.0 Å². The fourth-order valence-corrected chi connectivity index (χ4v) is 2.54. The molecule has 1 N–H and O–H groups in total. The number of methoxy groups -OCH3 is 2. The van der Waals surface area contributed by atoms with Gasteiger partial charge in [0.2, 0.25) is 0 Å². The van der Waals surface area contributed by atoms with Gasteiger partial charge in [-0.1, -0.05) is 18.2 Å². The third-order valence-corrected chi connectivity index (χ3v) is 3.78. The van der Waals surface area contributed by atoms with E-state index in [0.29, 0.717) is 24.6 Å². The highest BCUT2D eigenvalue weighted by Gasteiger charge is 2.09. The lowest BCUT2D eigenvalue weighted by molar-refractivity contribution is 0.354. The zero-order valence-corrected chi connectivity index (χ0v) is 17.8. The Morgan fingerprint density at radius 1 is 1.08 bits per heavy atom. The first-order valence-electron chi connectivity index (χ1n) is 7.94. The smallest absolute Gasteiger partial charge is 0.193 e. The topological polar surface area (TPSA) is 46.1 Å². The quantitative estimate of drug-likeness (QED) is 0.395. The lowest BCUT2D eigenvalue weighted by atomic mass is 10.2. The third-order valence-electron chi connectivity index (χ3n) is 3.78. The third kappa shape index (κ3) is 6.05. The van der Waals surface area contributed by atoms with Gasteiger partial charge in [0, 0.05) is 27.2 Å². The van der Waals surface area contributed by atoms with Gasteiger partial charge in [-0.25, -0.2) is 4.39 Å². The van der Waals surface area contributed by atoms with E-state index in [4.69, 9.17) is 9.47 Å². The summed E-state index contributed by atoms with van der Waals surface area (Å²) in [7, 11) is 6.85. The summed E-state index contributed by atoms with van der Waals surface area (Å²) in [5.41, 5.74) is 1.93. The summed E-state index contributed by atoms with van der Waals surface area (Å²) in [6.07, 6.45) is 0. The summed E-state index contributed by atoms with van der Waals surface area (Å²) >= 11 is 0. The highest BCUT2D eigenvalue weighted by atomic mass is 127. The lowest BCUT2D eigenvalue weighted by Crippen LogP contribution is -2.38. The molecule has 0 spiro atoms. The predicted molar refractivity (Wildman–Crippen MR) is 113 cm³/mol. The Bertz CT molecular complexity index is 740. The number of rotatable bonds is 6. The van der Waals surface area contributed by atoms with Crippen LogP contribution in [0.15, 0.2) is 47.5 Å². The van der Waals surface area contributed by atoms with Crippen LogP contribution in [0.1, 0.15) is 11.1 Å². The van der Waals surface area contributed by atoms with Crippen molar-refractivity contribution in [2.45, 2.75) is 13.1 Å². The van der Waals surface area contributed by atoms with Gasteiger partial charge in [-0.15, -0.1) is 24.0 Å². The Balaban J connectivity index is 0.00000338. The minimum absolute atomic E-state index is 0. The molecule has 0 heterocycles. The van der Waals surface area contributed by atoms with Crippen molar-refractivity contribution in [2.24, 2.45) is 4.99 Å². The molecule has 0 amide bonds. The van der Waals surface area contributed by atoms with Crippen LogP contribution in [-0.2, 0) is 13.1 Å². The molecule has 2 rings (SSSR count). The van der Waals surface area contributed by atoms with Crippen molar-refractivity contribution in [1.29, 1.82) is 0 Å². The van der Waals surface area contributed by atoms with E-state index < -0.39 is 0 Å². The van der Waals surface area contributed by atoms with Gasteiger partial charge in [0.15, 0.2) is 17.5 Å². The SMILES string of the molecule is CN=C(NCc1ccc(OC)c(OC)c1)N(C)Cc1cccc(F)c1.I. The van der Waals surface area contributed by atoms with E-state index in [1.807, 2.05) is 36.2 Å². The number of benzene rings is 2. The number of ether oxygens (including phenoxy) is 2. The predicted octanol–water partition coefficient (Wildman–Crippen LogP) is 3.67. The van der Waals surface area contributed by atoms with E-state index in [0.717, 1.165) is 17.1 Å². The van der Waals surface area contributed by atoms with Crippen molar-refractivity contribution in [3.8, 4) is 11.5 Å². The van der Waals surface area contributed by atoms with Crippen LogP contribution in [-0.4, -0.2) is 39.2 Å². The molecule has 0 radical (unpaired) electrons. The van der Waals surface area contributed by atoms with E-state index >= 15 is 0 Å². The van der Waals surface area contributed by atoms with Gasteiger partial charge >= 0.3 is 0 Å². The lowest BCUT2D eigenvalue weighted by Gasteiger charge is -2.22. The zero-order chi connectivity index (χ0) is 18.2. The zero-order valence-electron chi connectivity index (χ0n) is 15.5. The summed E-state index contributed by atoms with van der Waals surface area (Å²) < 4.78 is 23.9. The molecule has 0 bridgehead atoms. The molecule has 26 heavy (non-hydrogen) atoms. The van der Waals surface area contributed by atoms with E-state index in [-0.39, 0.29) is 29.8 Å². The number of hydrogen-bond donors (Lipinski definition) is 1. The maximum Gasteiger partial charge on any atom is 0.193 e. The largest absolute Gasteiger partial charge is 0.493 e. The molecule has 2 aromatic rings.